The van der Waals surface area contributed by atoms with Gasteiger partial charge >= 0.3 is 0 Å². The molecule has 0 spiro atoms. The number of imidazole rings is 1. The molecule has 0 bridgehead atoms. The number of tetrazole rings is 1. The zero-order valence-electron chi connectivity index (χ0n) is 16.2. The van der Waals surface area contributed by atoms with E-state index in [-0.39, 0.29) is 27.5 Å². The van der Waals surface area contributed by atoms with E-state index in [0.29, 0.717) is 21.5 Å². The van der Waals surface area contributed by atoms with Crippen molar-refractivity contribution in [3.8, 4) is 22.5 Å². The molecule has 13 heteroatoms. The normalized spacial score (nSPS) is 16.9. The summed E-state index contributed by atoms with van der Waals surface area (Å²) in [5.74, 6) is 0.391. The molecule has 4 aromatic rings. The number of anilines is 1. The molecule has 1 fully saturated rings. The van der Waals surface area contributed by atoms with E-state index in [9.17, 15) is 8.42 Å². The number of para-hydroxylation sites is 1. The fourth-order valence-corrected chi connectivity index (χ4v) is 6.31. The van der Waals surface area contributed by atoms with E-state index in [1.807, 2.05) is 24.3 Å². The molecule has 2 aromatic heterocycles. The molecule has 1 aliphatic heterocycles. The summed E-state index contributed by atoms with van der Waals surface area (Å²) in [7, 11) is -4.13. The van der Waals surface area contributed by atoms with E-state index in [2.05, 4.69) is 35.9 Å². The Hall–Kier alpha value is -3.00. The van der Waals surface area contributed by atoms with Crippen molar-refractivity contribution in [2.24, 2.45) is 5.14 Å². The SMILES string of the molecule is Nc1nc2c(-c3ccc(S[C@@H]4CCNC4)c(S(N)(=O)=O)c3-c3nn[nH]n3)cccc2[nH]1. The van der Waals surface area contributed by atoms with Crippen LogP contribution in [0, 0.1) is 0 Å². The fourth-order valence-electron chi connectivity index (χ4n) is 3.83. The van der Waals surface area contributed by atoms with Gasteiger partial charge in [-0.2, -0.15) is 5.21 Å². The molecular formula is C18H19N9O2S2. The van der Waals surface area contributed by atoms with E-state index in [4.69, 9.17) is 10.9 Å². The predicted octanol–water partition coefficient (Wildman–Crippen LogP) is 1.09. The number of H-pyrrole nitrogens is 2. The second kappa shape index (κ2) is 7.60. The van der Waals surface area contributed by atoms with Crippen LogP contribution in [0.1, 0.15) is 6.42 Å². The first-order valence-electron chi connectivity index (χ1n) is 9.47. The molecule has 7 N–H and O–H groups in total. The van der Waals surface area contributed by atoms with Crippen LogP contribution in [0.2, 0.25) is 0 Å². The van der Waals surface area contributed by atoms with Gasteiger partial charge in [-0.1, -0.05) is 18.2 Å². The summed E-state index contributed by atoms with van der Waals surface area (Å²) in [6.45, 7) is 1.68. The minimum atomic E-state index is -4.13. The first-order chi connectivity index (χ1) is 14.9. The highest BCUT2D eigenvalue weighted by Crippen LogP contribution is 2.43. The monoisotopic (exact) mass is 457 g/mol. The zero-order chi connectivity index (χ0) is 21.6. The molecule has 160 valence electrons. The van der Waals surface area contributed by atoms with Gasteiger partial charge in [0.2, 0.25) is 15.8 Å². The maximum atomic E-state index is 12.8. The highest BCUT2D eigenvalue weighted by atomic mass is 32.2. The van der Waals surface area contributed by atoms with Crippen LogP contribution in [0.15, 0.2) is 40.1 Å². The lowest BCUT2D eigenvalue weighted by Gasteiger charge is -2.17. The third-order valence-corrected chi connectivity index (χ3v) is 7.56. The number of hydrogen-bond donors (Lipinski definition) is 5. The van der Waals surface area contributed by atoms with Crippen molar-refractivity contribution >= 4 is 38.8 Å². The van der Waals surface area contributed by atoms with Gasteiger partial charge in [0.25, 0.3) is 0 Å². The molecule has 1 saturated heterocycles. The number of thioether (sulfide) groups is 1. The average Bonchev–Trinajstić information content (AvgIpc) is 3.48. The summed E-state index contributed by atoms with van der Waals surface area (Å²) in [4.78, 5) is 7.89. The van der Waals surface area contributed by atoms with Gasteiger partial charge in [-0.15, -0.1) is 22.0 Å². The number of primary sulfonamides is 1. The van der Waals surface area contributed by atoms with Crippen LogP contribution in [-0.2, 0) is 10.0 Å². The highest BCUT2D eigenvalue weighted by Gasteiger charge is 2.29. The van der Waals surface area contributed by atoms with Gasteiger partial charge < -0.3 is 16.0 Å². The fraction of sp³-hybridized carbons (Fsp3) is 0.222. The van der Waals surface area contributed by atoms with Gasteiger partial charge in [0.1, 0.15) is 4.90 Å². The van der Waals surface area contributed by atoms with Crippen LogP contribution >= 0.6 is 11.8 Å². The number of fused-ring (bicyclic) bond motifs is 1. The molecule has 2 aromatic carbocycles. The Balaban J connectivity index is 1.81. The number of aromatic nitrogens is 6. The van der Waals surface area contributed by atoms with Crippen LogP contribution in [0.3, 0.4) is 0 Å². The topological polar surface area (TPSA) is 181 Å². The summed E-state index contributed by atoms with van der Waals surface area (Å²) in [5.41, 5.74) is 8.70. The number of nitrogen functional groups attached to an aromatic ring is 1. The molecule has 5 rings (SSSR count). The van der Waals surface area contributed by atoms with Crippen LogP contribution in [-0.4, -0.2) is 57.3 Å². The highest BCUT2D eigenvalue weighted by molar-refractivity contribution is 8.00. The van der Waals surface area contributed by atoms with E-state index >= 15 is 0 Å². The van der Waals surface area contributed by atoms with Crippen molar-refractivity contribution < 1.29 is 8.42 Å². The Labute approximate surface area is 181 Å². The van der Waals surface area contributed by atoms with Crippen molar-refractivity contribution in [2.75, 3.05) is 18.8 Å². The number of rotatable bonds is 5. The summed E-state index contributed by atoms with van der Waals surface area (Å²) >= 11 is 1.48. The van der Waals surface area contributed by atoms with Crippen LogP contribution in [0.4, 0.5) is 5.95 Å². The third-order valence-electron chi connectivity index (χ3n) is 5.10. The average molecular weight is 458 g/mol. The number of sulfonamides is 1. The van der Waals surface area contributed by atoms with Gasteiger partial charge in [-0.05, 0) is 35.9 Å². The molecular weight excluding hydrogens is 438 g/mol. The molecule has 0 amide bonds. The number of nitrogens with one attached hydrogen (secondary N) is 3. The summed E-state index contributed by atoms with van der Waals surface area (Å²) in [6.07, 6.45) is 0.930. The lowest BCUT2D eigenvalue weighted by Crippen LogP contribution is -2.17. The van der Waals surface area contributed by atoms with E-state index < -0.39 is 10.0 Å². The number of nitrogens with two attached hydrogens (primary N) is 2. The van der Waals surface area contributed by atoms with Gasteiger partial charge in [0.05, 0.1) is 16.6 Å². The van der Waals surface area contributed by atoms with Gasteiger partial charge in [-0.3, -0.25) is 0 Å². The molecule has 1 atom stereocenters. The molecule has 0 saturated carbocycles. The van der Waals surface area contributed by atoms with E-state index in [0.717, 1.165) is 25.0 Å². The molecule has 0 radical (unpaired) electrons. The first kappa shape index (κ1) is 19.9. The lowest BCUT2D eigenvalue weighted by atomic mass is 9.98. The van der Waals surface area contributed by atoms with Crippen LogP contribution in [0.25, 0.3) is 33.5 Å². The summed E-state index contributed by atoms with van der Waals surface area (Å²) in [6, 6.07) is 9.12. The second-order valence-corrected chi connectivity index (χ2v) is 9.99. The minimum absolute atomic E-state index is 0.0242. The maximum Gasteiger partial charge on any atom is 0.239 e. The van der Waals surface area contributed by atoms with Crippen molar-refractivity contribution in [1.82, 2.24) is 35.9 Å². The standard InChI is InChI=1S/C18H19N9O2S2/c19-18-22-12-3-1-2-11(15(12)23-18)10-4-5-13(30-9-6-7-21-8-9)16(31(20,28)29)14(10)17-24-26-27-25-17/h1-5,9,21H,6-8H2,(H3,19,22,23)(H2,20,28,29)(H,24,25,26,27)/t9-/m1/s1. The minimum Gasteiger partial charge on any atom is -0.369 e. The second-order valence-electron chi connectivity index (χ2n) is 7.15. The number of hydrogen-bond acceptors (Lipinski definition) is 9. The molecule has 0 aliphatic carbocycles. The summed E-state index contributed by atoms with van der Waals surface area (Å²) < 4.78 is 25.6. The van der Waals surface area contributed by atoms with Crippen molar-refractivity contribution in [3.05, 3.63) is 30.3 Å². The van der Waals surface area contributed by atoms with Gasteiger partial charge in [0.15, 0.2) is 5.95 Å². The zero-order valence-corrected chi connectivity index (χ0v) is 17.8. The number of benzene rings is 2. The molecule has 1 aliphatic rings. The van der Waals surface area contributed by atoms with Crippen molar-refractivity contribution in [1.29, 1.82) is 0 Å². The predicted molar refractivity (Wildman–Crippen MR) is 118 cm³/mol. The smallest absolute Gasteiger partial charge is 0.239 e. The van der Waals surface area contributed by atoms with Gasteiger partial charge in [0, 0.05) is 22.3 Å². The Bertz CT molecular complexity index is 1360. The lowest BCUT2D eigenvalue weighted by molar-refractivity contribution is 0.596. The third kappa shape index (κ3) is 3.65. The van der Waals surface area contributed by atoms with Crippen LogP contribution < -0.4 is 16.2 Å². The Morgan fingerprint density at radius 2 is 2.03 bits per heavy atom. The molecule has 11 nitrogen and oxygen atoms in total. The Morgan fingerprint density at radius 1 is 1.16 bits per heavy atom. The van der Waals surface area contributed by atoms with Crippen LogP contribution in [0.5, 0.6) is 0 Å². The van der Waals surface area contributed by atoms with Crippen molar-refractivity contribution in [2.45, 2.75) is 21.5 Å². The molecule has 0 unspecified atom stereocenters. The van der Waals surface area contributed by atoms with Crippen molar-refractivity contribution in [3.63, 3.8) is 0 Å². The Kier molecular flexibility index (Phi) is 4.89. The Morgan fingerprint density at radius 3 is 2.74 bits per heavy atom. The molecule has 3 heterocycles. The van der Waals surface area contributed by atoms with Gasteiger partial charge in [-0.25, -0.2) is 18.5 Å². The number of aromatic amines is 2. The summed E-state index contributed by atoms with van der Waals surface area (Å²) in [5, 5.41) is 23.4. The first-order valence-corrected chi connectivity index (χ1v) is 11.9. The van der Waals surface area contributed by atoms with E-state index in [1.165, 1.54) is 11.8 Å². The van der Waals surface area contributed by atoms with E-state index in [1.54, 1.807) is 6.07 Å². The molecule has 31 heavy (non-hydrogen) atoms. The largest absolute Gasteiger partial charge is 0.369 e. The maximum absolute atomic E-state index is 12.8. The number of nitrogens with zero attached hydrogens (tertiary/aromatic N) is 4. The quantitative estimate of drug-likeness (QED) is 0.293.